The second-order valence-electron chi connectivity index (χ2n) is 14.3. The molecule has 0 saturated carbocycles. The summed E-state index contributed by atoms with van der Waals surface area (Å²) in [7, 11) is 0. The Labute approximate surface area is 309 Å². The zero-order valence-electron chi connectivity index (χ0n) is 28.7. The molecule has 12 rings (SSSR count). The van der Waals surface area contributed by atoms with Crippen LogP contribution in [-0.2, 0) is 0 Å². The molecule has 0 unspecified atom stereocenters. The van der Waals surface area contributed by atoms with Crippen LogP contribution in [0.1, 0.15) is 0 Å². The molecule has 1 aromatic heterocycles. The molecule has 1 heteroatoms. The number of hydrogen-bond donors (Lipinski definition) is 0. The highest BCUT2D eigenvalue weighted by Gasteiger charge is 2.20. The van der Waals surface area contributed by atoms with E-state index in [0.717, 1.165) is 0 Å². The van der Waals surface area contributed by atoms with Crippen molar-refractivity contribution in [1.29, 1.82) is 0 Å². The van der Waals surface area contributed by atoms with Crippen LogP contribution in [-0.4, -0.2) is 0 Å². The van der Waals surface area contributed by atoms with Gasteiger partial charge >= 0.3 is 0 Å². The van der Waals surface area contributed by atoms with Crippen molar-refractivity contribution in [2.45, 2.75) is 0 Å². The maximum Gasteiger partial charge on any atom is 0.0440 e. The average molecular weight is 687 g/mol. The second kappa shape index (κ2) is 11.0. The summed E-state index contributed by atoms with van der Waals surface area (Å²) in [4.78, 5) is 0. The van der Waals surface area contributed by atoms with Gasteiger partial charge in [-0.05, 0) is 110 Å². The van der Waals surface area contributed by atoms with Crippen molar-refractivity contribution < 1.29 is 0 Å². The summed E-state index contributed by atoms with van der Waals surface area (Å²) >= 11 is 1.92. The summed E-state index contributed by atoms with van der Waals surface area (Å²) < 4.78 is 2.69. The summed E-state index contributed by atoms with van der Waals surface area (Å²) in [6.07, 6.45) is 0. The third-order valence-corrected chi connectivity index (χ3v) is 12.8. The van der Waals surface area contributed by atoms with Crippen LogP contribution in [0.25, 0.3) is 118 Å². The highest BCUT2D eigenvalue weighted by molar-refractivity contribution is 7.27. The predicted octanol–water partition coefficient (Wildman–Crippen LogP) is 15.5. The molecule has 0 N–H and O–H groups in total. The Morgan fingerprint density at radius 2 is 0.585 bits per heavy atom. The molecule has 1 heterocycles. The molecule has 12 aromatic rings. The summed E-state index contributed by atoms with van der Waals surface area (Å²) in [6.45, 7) is 0. The largest absolute Gasteiger partial charge is 0.135 e. The van der Waals surface area contributed by atoms with Gasteiger partial charge in [0, 0.05) is 25.6 Å². The Hall–Kier alpha value is -6.54. The Morgan fingerprint density at radius 1 is 0.245 bits per heavy atom. The van der Waals surface area contributed by atoms with Crippen LogP contribution in [0.2, 0.25) is 0 Å². The van der Waals surface area contributed by atoms with Gasteiger partial charge in [0.1, 0.15) is 0 Å². The zero-order chi connectivity index (χ0) is 34.6. The van der Waals surface area contributed by atoms with E-state index < -0.39 is 0 Å². The SMILES string of the molecule is c1ccc2c(-c3ccc4sc5c6ccccc6c6ccccc6c5c4c3)c3ccccc3c(-c3ccc4c5ccccc5c5ccccc5c4c3)c2c1. The van der Waals surface area contributed by atoms with Gasteiger partial charge in [-0.1, -0.05) is 164 Å². The fraction of sp³-hybridized carbons (Fsp3) is 0. The Bertz CT molecular complexity index is 3420. The quantitative estimate of drug-likeness (QED) is 0.125. The van der Waals surface area contributed by atoms with Crippen LogP contribution in [0.5, 0.6) is 0 Å². The standard InChI is InChI=1S/C52H30S/c1-2-15-35-33(13-1)34-14-3-4-18-38(34)46-29-31(25-27-39(35)46)49-41-20-8-10-22-43(41)50(44-23-11-9-21-42(44)49)32-26-28-48-47(30-32)51-40-19-7-5-16-36(40)37-17-6-12-24-45(37)52(51)53-48/h1-30H. The lowest BCUT2D eigenvalue weighted by Crippen LogP contribution is -1.91. The molecule has 0 amide bonds. The van der Waals surface area contributed by atoms with Gasteiger partial charge in [0.15, 0.2) is 0 Å². The van der Waals surface area contributed by atoms with E-state index in [1.807, 2.05) is 11.3 Å². The Balaban J connectivity index is 1.16. The highest BCUT2D eigenvalue weighted by atomic mass is 32.1. The molecular formula is C52H30S. The third kappa shape index (κ3) is 4.06. The van der Waals surface area contributed by atoms with E-state index in [1.165, 1.54) is 118 Å². The van der Waals surface area contributed by atoms with Crippen molar-refractivity contribution in [3.05, 3.63) is 182 Å². The van der Waals surface area contributed by atoms with Crippen molar-refractivity contribution >= 4 is 107 Å². The van der Waals surface area contributed by atoms with Crippen molar-refractivity contribution in [2.75, 3.05) is 0 Å². The summed E-state index contributed by atoms with van der Waals surface area (Å²) in [6, 6.07) is 67.9. The average Bonchev–Trinajstić information content (AvgIpc) is 3.62. The smallest absolute Gasteiger partial charge is 0.0440 e. The van der Waals surface area contributed by atoms with Crippen LogP contribution in [0.3, 0.4) is 0 Å². The molecule has 0 aliphatic heterocycles. The monoisotopic (exact) mass is 686 g/mol. The number of fused-ring (bicyclic) bond motifs is 16. The van der Waals surface area contributed by atoms with Gasteiger partial charge in [0.05, 0.1) is 0 Å². The fourth-order valence-corrected chi connectivity index (χ4v) is 10.6. The molecule has 11 aromatic carbocycles. The molecule has 0 fully saturated rings. The van der Waals surface area contributed by atoms with Gasteiger partial charge in [0.2, 0.25) is 0 Å². The van der Waals surface area contributed by atoms with E-state index in [9.17, 15) is 0 Å². The van der Waals surface area contributed by atoms with E-state index in [1.54, 1.807) is 0 Å². The van der Waals surface area contributed by atoms with Gasteiger partial charge in [0.25, 0.3) is 0 Å². The summed E-state index contributed by atoms with van der Waals surface area (Å²) in [5, 5.41) is 20.9. The van der Waals surface area contributed by atoms with Crippen LogP contribution in [0.15, 0.2) is 182 Å². The highest BCUT2D eigenvalue weighted by Crippen LogP contribution is 2.48. The molecule has 0 nitrogen and oxygen atoms in total. The zero-order valence-corrected chi connectivity index (χ0v) is 29.5. The number of hydrogen-bond acceptors (Lipinski definition) is 1. The number of benzene rings is 11. The molecular weight excluding hydrogens is 657 g/mol. The second-order valence-corrected chi connectivity index (χ2v) is 15.4. The van der Waals surface area contributed by atoms with Gasteiger partial charge < -0.3 is 0 Å². The van der Waals surface area contributed by atoms with Crippen LogP contribution in [0.4, 0.5) is 0 Å². The first kappa shape index (κ1) is 29.1. The molecule has 0 aliphatic rings. The van der Waals surface area contributed by atoms with Gasteiger partial charge in [-0.2, -0.15) is 0 Å². The molecule has 244 valence electrons. The molecule has 53 heavy (non-hydrogen) atoms. The maximum absolute atomic E-state index is 2.47. The van der Waals surface area contributed by atoms with E-state index in [4.69, 9.17) is 0 Å². The van der Waals surface area contributed by atoms with Crippen molar-refractivity contribution in [3.8, 4) is 22.3 Å². The fourth-order valence-electron chi connectivity index (χ4n) is 9.38. The minimum absolute atomic E-state index is 1.24. The topological polar surface area (TPSA) is 0 Å². The Morgan fingerprint density at radius 3 is 1.09 bits per heavy atom. The number of thiophene rings is 1. The van der Waals surface area contributed by atoms with E-state index in [0.29, 0.717) is 0 Å². The lowest BCUT2D eigenvalue weighted by molar-refractivity contribution is 1.69. The summed E-state index contributed by atoms with van der Waals surface area (Å²) in [5.41, 5.74) is 5.08. The van der Waals surface area contributed by atoms with Gasteiger partial charge in [-0.3, -0.25) is 0 Å². The van der Waals surface area contributed by atoms with Gasteiger partial charge in [-0.15, -0.1) is 11.3 Å². The van der Waals surface area contributed by atoms with Crippen molar-refractivity contribution in [2.24, 2.45) is 0 Å². The van der Waals surface area contributed by atoms with Crippen molar-refractivity contribution in [1.82, 2.24) is 0 Å². The van der Waals surface area contributed by atoms with Crippen LogP contribution in [0, 0.1) is 0 Å². The maximum atomic E-state index is 2.47. The molecule has 0 spiro atoms. The predicted molar refractivity (Wildman–Crippen MR) is 233 cm³/mol. The summed E-state index contributed by atoms with van der Waals surface area (Å²) in [5.74, 6) is 0. The lowest BCUT2D eigenvalue weighted by Gasteiger charge is -2.19. The Kier molecular flexibility index (Phi) is 6.03. The minimum atomic E-state index is 1.24. The third-order valence-electron chi connectivity index (χ3n) is 11.6. The van der Waals surface area contributed by atoms with Gasteiger partial charge in [-0.25, -0.2) is 0 Å². The van der Waals surface area contributed by atoms with Crippen LogP contribution >= 0.6 is 11.3 Å². The first-order valence-electron chi connectivity index (χ1n) is 18.3. The molecule has 0 radical (unpaired) electrons. The lowest BCUT2D eigenvalue weighted by atomic mass is 9.84. The number of rotatable bonds is 2. The van der Waals surface area contributed by atoms with Crippen LogP contribution < -0.4 is 0 Å². The molecule has 0 atom stereocenters. The van der Waals surface area contributed by atoms with E-state index in [2.05, 4.69) is 182 Å². The first-order valence-corrected chi connectivity index (χ1v) is 19.2. The normalized spacial score (nSPS) is 12.2. The molecule has 0 aliphatic carbocycles. The molecule has 0 bridgehead atoms. The first-order chi connectivity index (χ1) is 26.3. The van der Waals surface area contributed by atoms with E-state index in [-0.39, 0.29) is 0 Å². The van der Waals surface area contributed by atoms with Crippen molar-refractivity contribution in [3.63, 3.8) is 0 Å². The van der Waals surface area contributed by atoms with E-state index >= 15 is 0 Å². The molecule has 0 saturated heterocycles. The minimum Gasteiger partial charge on any atom is -0.135 e.